The molecule has 0 heterocycles. The van der Waals surface area contributed by atoms with Crippen LogP contribution in [-0.2, 0) is 21.2 Å². The van der Waals surface area contributed by atoms with Crippen LogP contribution in [0, 0.1) is 5.82 Å². The van der Waals surface area contributed by atoms with Crippen molar-refractivity contribution in [3.05, 3.63) is 66.0 Å². The van der Waals surface area contributed by atoms with Crippen LogP contribution in [0.15, 0.2) is 59.5 Å². The van der Waals surface area contributed by atoms with Gasteiger partial charge in [-0.25, -0.2) is 12.8 Å². The summed E-state index contributed by atoms with van der Waals surface area (Å²) in [5.74, 6) is -0.888. The maximum atomic E-state index is 13.1. The Morgan fingerprint density at radius 2 is 1.62 bits per heavy atom. The fourth-order valence-electron chi connectivity index (χ4n) is 2.97. The minimum Gasteiger partial charge on any atom is -0.355 e. The van der Waals surface area contributed by atoms with Gasteiger partial charge in [0.25, 0.3) is 0 Å². The van der Waals surface area contributed by atoms with Crippen molar-refractivity contribution in [1.29, 1.82) is 0 Å². The third-order valence-corrected chi connectivity index (χ3v) is 6.09. The van der Waals surface area contributed by atoms with E-state index in [9.17, 15) is 17.6 Å². The summed E-state index contributed by atoms with van der Waals surface area (Å²) in [7, 11) is -3.96. The van der Waals surface area contributed by atoms with Crippen LogP contribution in [0.2, 0.25) is 0 Å². The molecule has 0 aliphatic rings. The molecule has 0 spiro atoms. The fourth-order valence-corrected chi connectivity index (χ4v) is 4.17. The van der Waals surface area contributed by atoms with Gasteiger partial charge in [-0.3, -0.25) is 4.79 Å². The standard InChI is InChI=1S/C22H29FN2O3S/c1-2-3-4-5-9-16-24-22(26)21(17-18-10-7-6-8-11-18)25-29(27,28)20-14-12-19(23)13-15-20/h6-8,10-15,21,25H,2-5,9,16-17H2,1H3,(H,24,26)/t21-/m1/s1. The largest absolute Gasteiger partial charge is 0.355 e. The van der Waals surface area contributed by atoms with Crippen LogP contribution in [0.4, 0.5) is 4.39 Å². The van der Waals surface area contributed by atoms with Crippen molar-refractivity contribution < 1.29 is 17.6 Å². The molecule has 1 atom stereocenters. The lowest BCUT2D eigenvalue weighted by Gasteiger charge is -2.19. The van der Waals surface area contributed by atoms with E-state index in [1.54, 1.807) is 0 Å². The second kappa shape index (κ2) is 11.7. The molecular formula is C22H29FN2O3S. The highest BCUT2D eigenvalue weighted by Crippen LogP contribution is 2.12. The maximum absolute atomic E-state index is 13.1. The molecule has 0 saturated carbocycles. The average Bonchev–Trinajstić information content (AvgIpc) is 2.71. The van der Waals surface area contributed by atoms with Crippen molar-refractivity contribution in [3.8, 4) is 0 Å². The number of unbranched alkanes of at least 4 members (excludes halogenated alkanes) is 4. The van der Waals surface area contributed by atoms with E-state index in [1.807, 2.05) is 30.3 Å². The van der Waals surface area contributed by atoms with Crippen LogP contribution in [-0.4, -0.2) is 26.9 Å². The first-order valence-electron chi connectivity index (χ1n) is 10.0. The second-order valence-electron chi connectivity index (χ2n) is 7.02. The quantitative estimate of drug-likeness (QED) is 0.513. The van der Waals surface area contributed by atoms with E-state index >= 15 is 0 Å². The van der Waals surface area contributed by atoms with Gasteiger partial charge in [-0.2, -0.15) is 4.72 Å². The predicted octanol–water partition coefficient (Wildman–Crippen LogP) is 3.80. The molecule has 1 amide bonds. The smallest absolute Gasteiger partial charge is 0.241 e. The first-order chi connectivity index (χ1) is 13.9. The van der Waals surface area contributed by atoms with Gasteiger partial charge in [0.15, 0.2) is 0 Å². The maximum Gasteiger partial charge on any atom is 0.241 e. The monoisotopic (exact) mass is 420 g/mol. The van der Waals surface area contributed by atoms with Crippen LogP contribution >= 0.6 is 0 Å². The Morgan fingerprint density at radius 3 is 2.28 bits per heavy atom. The number of nitrogens with one attached hydrogen (secondary N) is 2. The van der Waals surface area contributed by atoms with Gasteiger partial charge < -0.3 is 5.32 Å². The molecular weight excluding hydrogens is 391 g/mol. The molecule has 0 bridgehead atoms. The minimum absolute atomic E-state index is 0.0793. The van der Waals surface area contributed by atoms with Gasteiger partial charge in [-0.1, -0.05) is 62.9 Å². The first-order valence-corrected chi connectivity index (χ1v) is 11.5. The van der Waals surface area contributed by atoms with Crippen LogP contribution in [0.5, 0.6) is 0 Å². The summed E-state index contributed by atoms with van der Waals surface area (Å²) in [4.78, 5) is 12.6. The van der Waals surface area contributed by atoms with Gasteiger partial charge in [-0.15, -0.1) is 0 Å². The Bertz CT molecular complexity index is 855. The molecule has 0 saturated heterocycles. The number of sulfonamides is 1. The zero-order valence-electron chi connectivity index (χ0n) is 16.7. The van der Waals surface area contributed by atoms with Gasteiger partial charge in [0, 0.05) is 6.54 Å². The van der Waals surface area contributed by atoms with Gasteiger partial charge in [-0.05, 0) is 42.7 Å². The van der Waals surface area contributed by atoms with Crippen LogP contribution in [0.1, 0.15) is 44.6 Å². The zero-order valence-corrected chi connectivity index (χ0v) is 17.6. The lowest BCUT2D eigenvalue weighted by atomic mass is 10.1. The van der Waals surface area contributed by atoms with Crippen molar-refractivity contribution in [2.75, 3.05) is 6.54 Å². The third kappa shape index (κ3) is 7.95. The Morgan fingerprint density at radius 1 is 0.966 bits per heavy atom. The van der Waals surface area contributed by atoms with Crippen molar-refractivity contribution in [3.63, 3.8) is 0 Å². The van der Waals surface area contributed by atoms with Gasteiger partial charge in [0.1, 0.15) is 11.9 Å². The molecule has 0 fully saturated rings. The highest BCUT2D eigenvalue weighted by Gasteiger charge is 2.26. The van der Waals surface area contributed by atoms with Crippen molar-refractivity contribution in [2.45, 2.75) is 56.4 Å². The van der Waals surface area contributed by atoms with Crippen molar-refractivity contribution >= 4 is 15.9 Å². The molecule has 0 unspecified atom stereocenters. The molecule has 2 rings (SSSR count). The SMILES string of the molecule is CCCCCCCNC(=O)[C@@H](Cc1ccccc1)NS(=O)(=O)c1ccc(F)cc1. The molecule has 158 valence electrons. The lowest BCUT2D eigenvalue weighted by Crippen LogP contribution is -2.48. The summed E-state index contributed by atoms with van der Waals surface area (Å²) in [6.45, 7) is 2.65. The summed E-state index contributed by atoms with van der Waals surface area (Å²) >= 11 is 0. The predicted molar refractivity (Wildman–Crippen MR) is 112 cm³/mol. The number of carbonyl (C=O) groups excluding carboxylic acids is 1. The number of hydrogen-bond acceptors (Lipinski definition) is 3. The van der Waals surface area contributed by atoms with Crippen LogP contribution in [0.25, 0.3) is 0 Å². The molecule has 7 heteroatoms. The van der Waals surface area contributed by atoms with Gasteiger partial charge >= 0.3 is 0 Å². The first kappa shape index (κ1) is 23.0. The Labute approximate surface area is 172 Å². The molecule has 0 aliphatic carbocycles. The Balaban J connectivity index is 2.06. The number of rotatable bonds is 12. The van der Waals surface area contributed by atoms with E-state index in [1.165, 1.54) is 18.6 Å². The van der Waals surface area contributed by atoms with Crippen molar-refractivity contribution in [2.24, 2.45) is 0 Å². The molecule has 2 aromatic carbocycles. The summed E-state index contributed by atoms with van der Waals surface area (Å²) in [6.07, 6.45) is 5.55. The molecule has 2 N–H and O–H groups in total. The van der Waals surface area contributed by atoms with E-state index < -0.39 is 21.9 Å². The average molecular weight is 421 g/mol. The number of benzene rings is 2. The summed E-state index contributed by atoms with van der Waals surface area (Å²) < 4.78 is 41.0. The highest BCUT2D eigenvalue weighted by molar-refractivity contribution is 7.89. The molecule has 29 heavy (non-hydrogen) atoms. The van der Waals surface area contributed by atoms with E-state index in [0.29, 0.717) is 6.54 Å². The normalized spacial score (nSPS) is 12.5. The van der Waals surface area contributed by atoms with Gasteiger partial charge in [0.05, 0.1) is 4.90 Å². The molecule has 0 aromatic heterocycles. The number of halogens is 1. The Kier molecular flexibility index (Phi) is 9.28. The second-order valence-corrected chi connectivity index (χ2v) is 8.74. The third-order valence-electron chi connectivity index (χ3n) is 4.60. The van der Waals surface area contributed by atoms with Crippen LogP contribution < -0.4 is 10.0 Å². The fraction of sp³-hybridized carbons (Fsp3) is 0.409. The van der Waals surface area contributed by atoms with E-state index in [2.05, 4.69) is 17.0 Å². The minimum atomic E-state index is -3.96. The number of hydrogen-bond donors (Lipinski definition) is 2. The Hall–Kier alpha value is -2.25. The highest BCUT2D eigenvalue weighted by atomic mass is 32.2. The number of amides is 1. The van der Waals surface area contributed by atoms with E-state index in [0.717, 1.165) is 43.4 Å². The molecule has 5 nitrogen and oxygen atoms in total. The van der Waals surface area contributed by atoms with E-state index in [4.69, 9.17) is 0 Å². The summed E-state index contributed by atoms with van der Waals surface area (Å²) in [5, 5.41) is 2.84. The van der Waals surface area contributed by atoms with Crippen molar-refractivity contribution in [1.82, 2.24) is 10.0 Å². The topological polar surface area (TPSA) is 75.3 Å². The zero-order chi connectivity index (χ0) is 21.1. The molecule has 2 aromatic rings. The molecule has 0 aliphatic heterocycles. The van der Waals surface area contributed by atoms with E-state index in [-0.39, 0.29) is 17.2 Å². The van der Waals surface area contributed by atoms with Gasteiger partial charge in [0.2, 0.25) is 15.9 Å². The summed E-state index contributed by atoms with van der Waals surface area (Å²) in [5.41, 5.74) is 0.845. The summed E-state index contributed by atoms with van der Waals surface area (Å²) in [6, 6.07) is 12.8. The number of carbonyl (C=O) groups is 1. The molecule has 0 radical (unpaired) electrons. The van der Waals surface area contributed by atoms with Crippen LogP contribution in [0.3, 0.4) is 0 Å². The lowest BCUT2D eigenvalue weighted by molar-refractivity contribution is -0.122.